The zero-order valence-corrected chi connectivity index (χ0v) is 11.4. The molecular weight excluding hydrogens is 271 g/mol. The van der Waals surface area contributed by atoms with Gasteiger partial charge in [-0.3, -0.25) is 4.79 Å². The first-order valence-corrected chi connectivity index (χ1v) is 6.11. The molecule has 0 heterocycles. The molecule has 1 aromatic rings. The third kappa shape index (κ3) is 4.73. The van der Waals surface area contributed by atoms with Gasteiger partial charge in [0.15, 0.2) is 0 Å². The summed E-state index contributed by atoms with van der Waals surface area (Å²) in [4.78, 5) is 13.7. The van der Waals surface area contributed by atoms with E-state index >= 15 is 0 Å². The van der Waals surface area contributed by atoms with Crippen LogP contribution in [-0.2, 0) is 6.18 Å². The van der Waals surface area contributed by atoms with Crippen molar-refractivity contribution in [2.75, 3.05) is 32.9 Å². The number of nitrogens with zero attached hydrogens (tertiary/aromatic N) is 1. The van der Waals surface area contributed by atoms with Gasteiger partial charge in [-0.1, -0.05) is 0 Å². The van der Waals surface area contributed by atoms with Crippen LogP contribution in [0.5, 0.6) is 0 Å². The van der Waals surface area contributed by atoms with E-state index in [-0.39, 0.29) is 11.3 Å². The van der Waals surface area contributed by atoms with Crippen LogP contribution in [0.1, 0.15) is 22.3 Å². The molecule has 20 heavy (non-hydrogen) atoms. The summed E-state index contributed by atoms with van der Waals surface area (Å²) in [6, 6.07) is 3.15. The number of carbonyl (C=O) groups excluding carboxylic acids is 1. The second kappa shape index (κ2) is 6.60. The molecule has 3 N–H and O–H groups in total. The predicted octanol–water partition coefficient (Wildman–Crippen LogP) is 1.97. The number of amides is 1. The van der Waals surface area contributed by atoms with Crippen LogP contribution in [0.25, 0.3) is 0 Å². The maximum absolute atomic E-state index is 12.7. The number of rotatable bonds is 5. The van der Waals surface area contributed by atoms with Crippen molar-refractivity contribution in [3.63, 3.8) is 0 Å². The topological polar surface area (TPSA) is 58.4 Å². The third-order valence-corrected chi connectivity index (χ3v) is 2.69. The maximum atomic E-state index is 12.7. The SMILES string of the molecule is CN(C)CCCNC(=O)c1ccc(N)c(C(F)(F)F)c1. The summed E-state index contributed by atoms with van der Waals surface area (Å²) in [7, 11) is 3.80. The largest absolute Gasteiger partial charge is 0.418 e. The lowest BCUT2D eigenvalue weighted by Gasteiger charge is -2.12. The first kappa shape index (κ1) is 16.3. The molecule has 1 rings (SSSR count). The maximum Gasteiger partial charge on any atom is 0.418 e. The van der Waals surface area contributed by atoms with Crippen molar-refractivity contribution < 1.29 is 18.0 Å². The molecule has 0 unspecified atom stereocenters. The Labute approximate surface area is 115 Å². The Bertz CT molecular complexity index is 472. The van der Waals surface area contributed by atoms with Crippen molar-refractivity contribution >= 4 is 11.6 Å². The summed E-state index contributed by atoms with van der Waals surface area (Å²) >= 11 is 0. The van der Waals surface area contributed by atoms with Crippen LogP contribution in [0.4, 0.5) is 18.9 Å². The molecule has 0 saturated carbocycles. The Morgan fingerprint density at radius 2 is 2.00 bits per heavy atom. The molecule has 112 valence electrons. The van der Waals surface area contributed by atoms with E-state index in [0.29, 0.717) is 6.54 Å². The van der Waals surface area contributed by atoms with Crippen LogP contribution < -0.4 is 11.1 Å². The van der Waals surface area contributed by atoms with Crippen LogP contribution in [-0.4, -0.2) is 38.0 Å². The molecular formula is C13H18F3N3O. The van der Waals surface area contributed by atoms with Gasteiger partial charge in [0.05, 0.1) is 5.56 Å². The summed E-state index contributed by atoms with van der Waals surface area (Å²) in [5.41, 5.74) is 3.85. The van der Waals surface area contributed by atoms with Crippen molar-refractivity contribution in [3.05, 3.63) is 29.3 Å². The number of benzene rings is 1. The molecule has 1 amide bonds. The lowest BCUT2D eigenvalue weighted by atomic mass is 10.1. The number of nitrogens with one attached hydrogen (secondary N) is 1. The van der Waals surface area contributed by atoms with Gasteiger partial charge in [-0.05, 0) is 45.3 Å². The molecule has 0 bridgehead atoms. The standard InChI is InChI=1S/C13H18F3N3O/c1-19(2)7-3-6-18-12(20)9-4-5-11(17)10(8-9)13(14,15)16/h4-5,8H,3,6-7,17H2,1-2H3,(H,18,20). The smallest absolute Gasteiger partial charge is 0.398 e. The van der Waals surface area contributed by atoms with Gasteiger partial charge in [0, 0.05) is 17.8 Å². The molecule has 4 nitrogen and oxygen atoms in total. The molecule has 0 aliphatic carbocycles. The van der Waals surface area contributed by atoms with Gasteiger partial charge in [0.1, 0.15) is 0 Å². The highest BCUT2D eigenvalue weighted by Gasteiger charge is 2.33. The molecule has 0 fully saturated rings. The van der Waals surface area contributed by atoms with E-state index in [1.165, 1.54) is 6.07 Å². The van der Waals surface area contributed by atoms with Crippen LogP contribution in [0.15, 0.2) is 18.2 Å². The monoisotopic (exact) mass is 289 g/mol. The van der Waals surface area contributed by atoms with Gasteiger partial charge in [-0.15, -0.1) is 0 Å². The minimum absolute atomic E-state index is 0.0450. The summed E-state index contributed by atoms with van der Waals surface area (Å²) < 4.78 is 38.0. The highest BCUT2D eigenvalue weighted by molar-refractivity contribution is 5.94. The fourth-order valence-electron chi connectivity index (χ4n) is 1.64. The van der Waals surface area contributed by atoms with E-state index < -0.39 is 17.6 Å². The Kier molecular flexibility index (Phi) is 5.38. The third-order valence-electron chi connectivity index (χ3n) is 2.69. The van der Waals surface area contributed by atoms with Gasteiger partial charge in [-0.25, -0.2) is 0 Å². The highest BCUT2D eigenvalue weighted by Crippen LogP contribution is 2.33. The predicted molar refractivity (Wildman–Crippen MR) is 71.4 cm³/mol. The number of halogens is 3. The normalized spacial score (nSPS) is 11.7. The van der Waals surface area contributed by atoms with Gasteiger partial charge in [0.25, 0.3) is 5.91 Å². The Morgan fingerprint density at radius 1 is 1.35 bits per heavy atom. The molecule has 0 aliphatic rings. The molecule has 7 heteroatoms. The number of anilines is 1. The van der Waals surface area contributed by atoms with Crippen molar-refractivity contribution in [1.29, 1.82) is 0 Å². The number of hydrogen-bond donors (Lipinski definition) is 2. The van der Waals surface area contributed by atoms with Crippen molar-refractivity contribution in [3.8, 4) is 0 Å². The lowest BCUT2D eigenvalue weighted by Crippen LogP contribution is -2.27. The molecule has 1 aromatic carbocycles. The van der Waals surface area contributed by atoms with Crippen molar-refractivity contribution in [2.45, 2.75) is 12.6 Å². The fraction of sp³-hybridized carbons (Fsp3) is 0.462. The highest BCUT2D eigenvalue weighted by atomic mass is 19.4. The molecule has 0 saturated heterocycles. The fourth-order valence-corrected chi connectivity index (χ4v) is 1.64. The van der Waals surface area contributed by atoms with E-state index in [1.54, 1.807) is 0 Å². The Morgan fingerprint density at radius 3 is 2.55 bits per heavy atom. The molecule has 0 aliphatic heterocycles. The summed E-state index contributed by atoms with van der Waals surface area (Å²) in [6.45, 7) is 1.19. The molecule has 0 aromatic heterocycles. The van der Waals surface area contributed by atoms with E-state index in [1.807, 2.05) is 19.0 Å². The first-order valence-electron chi connectivity index (χ1n) is 6.11. The van der Waals surface area contributed by atoms with Crippen molar-refractivity contribution in [2.24, 2.45) is 0 Å². The zero-order chi connectivity index (χ0) is 15.3. The number of hydrogen-bond acceptors (Lipinski definition) is 3. The van der Waals surface area contributed by atoms with Crippen LogP contribution in [0, 0.1) is 0 Å². The van der Waals surface area contributed by atoms with Crippen LogP contribution >= 0.6 is 0 Å². The van der Waals surface area contributed by atoms with E-state index in [0.717, 1.165) is 25.1 Å². The Balaban J connectivity index is 2.70. The summed E-state index contributed by atoms with van der Waals surface area (Å²) in [6.07, 6.45) is -3.84. The number of alkyl halides is 3. The van der Waals surface area contributed by atoms with Crippen LogP contribution in [0.2, 0.25) is 0 Å². The van der Waals surface area contributed by atoms with Gasteiger partial charge in [0.2, 0.25) is 0 Å². The van der Waals surface area contributed by atoms with Crippen molar-refractivity contribution in [1.82, 2.24) is 10.2 Å². The summed E-state index contributed by atoms with van der Waals surface area (Å²) in [5, 5.41) is 2.58. The van der Waals surface area contributed by atoms with Crippen LogP contribution in [0.3, 0.4) is 0 Å². The van der Waals surface area contributed by atoms with Gasteiger partial charge >= 0.3 is 6.18 Å². The number of nitrogen functional groups attached to an aromatic ring is 1. The average Bonchev–Trinajstić information content (AvgIpc) is 2.33. The van der Waals surface area contributed by atoms with E-state index in [4.69, 9.17) is 5.73 Å². The second-order valence-corrected chi connectivity index (χ2v) is 4.71. The van der Waals surface area contributed by atoms with E-state index in [9.17, 15) is 18.0 Å². The van der Waals surface area contributed by atoms with Gasteiger partial charge in [-0.2, -0.15) is 13.2 Å². The lowest BCUT2D eigenvalue weighted by molar-refractivity contribution is -0.136. The first-order chi connectivity index (χ1) is 9.21. The quantitative estimate of drug-likeness (QED) is 0.643. The minimum Gasteiger partial charge on any atom is -0.398 e. The van der Waals surface area contributed by atoms with E-state index in [2.05, 4.69) is 5.32 Å². The second-order valence-electron chi connectivity index (χ2n) is 4.71. The molecule has 0 spiro atoms. The zero-order valence-electron chi connectivity index (χ0n) is 11.4. The summed E-state index contributed by atoms with van der Waals surface area (Å²) in [5.74, 6) is -0.533. The average molecular weight is 289 g/mol. The minimum atomic E-state index is -4.56. The van der Waals surface area contributed by atoms with Gasteiger partial charge < -0.3 is 16.0 Å². The Hall–Kier alpha value is -1.76. The number of carbonyl (C=O) groups is 1. The molecule has 0 radical (unpaired) electrons. The molecule has 0 atom stereocenters. The number of nitrogens with two attached hydrogens (primary N) is 1.